The summed E-state index contributed by atoms with van der Waals surface area (Å²) in [6.07, 6.45) is 2.31. The minimum absolute atomic E-state index is 0.0918. The van der Waals surface area contributed by atoms with Gasteiger partial charge < -0.3 is 10.6 Å². The minimum Gasteiger partial charge on any atom is -0.353 e. The highest BCUT2D eigenvalue weighted by Crippen LogP contribution is 2.40. The van der Waals surface area contributed by atoms with Crippen molar-refractivity contribution in [2.45, 2.75) is 31.2 Å². The molecule has 1 amide bonds. The number of amides is 1. The van der Waals surface area contributed by atoms with Gasteiger partial charge in [0.1, 0.15) is 5.82 Å². The molecule has 2 rings (SSSR count). The molecule has 0 radical (unpaired) electrons. The van der Waals surface area contributed by atoms with E-state index in [1.165, 1.54) is 6.07 Å². The summed E-state index contributed by atoms with van der Waals surface area (Å²) in [6.45, 7) is 0.853. The molecule has 3 nitrogen and oxygen atoms in total. The van der Waals surface area contributed by atoms with Gasteiger partial charge in [0.05, 0.1) is 0 Å². The molecule has 1 saturated carbocycles. The first-order valence-electron chi connectivity index (χ1n) is 6.40. The summed E-state index contributed by atoms with van der Waals surface area (Å²) in [6, 6.07) is 6.82. The predicted molar refractivity (Wildman–Crippen MR) is 68.8 cm³/mol. The monoisotopic (exact) mass is 250 g/mol. The van der Waals surface area contributed by atoms with Crippen LogP contribution in [0.5, 0.6) is 0 Å². The normalized spacial score (nSPS) is 21.7. The summed E-state index contributed by atoms with van der Waals surface area (Å²) in [5, 5.41) is 6.00. The lowest BCUT2D eigenvalue weighted by atomic mass is 10.1. The standard InChI is InChI=1S/C14H19FN2O/c1-16-7-3-6-14(18)17-13-9-12(13)10-4-2-5-11(15)8-10/h2,4-5,8,12-13,16H,3,6-7,9H2,1H3,(H,17,18). The summed E-state index contributed by atoms with van der Waals surface area (Å²) in [5.74, 6) is 0.168. The van der Waals surface area contributed by atoms with Gasteiger partial charge >= 0.3 is 0 Å². The fourth-order valence-corrected chi connectivity index (χ4v) is 2.16. The average molecular weight is 250 g/mol. The first-order valence-corrected chi connectivity index (χ1v) is 6.40. The maximum absolute atomic E-state index is 13.1. The second kappa shape index (κ2) is 5.96. The molecule has 0 spiro atoms. The van der Waals surface area contributed by atoms with Gasteiger partial charge in [0.25, 0.3) is 0 Å². The Kier molecular flexibility index (Phi) is 4.31. The first-order chi connectivity index (χ1) is 8.70. The van der Waals surface area contributed by atoms with E-state index >= 15 is 0 Å². The van der Waals surface area contributed by atoms with Gasteiger partial charge in [0.15, 0.2) is 0 Å². The Labute approximate surface area is 107 Å². The molecule has 0 saturated heterocycles. The molecule has 1 aliphatic rings. The van der Waals surface area contributed by atoms with Crippen molar-refractivity contribution in [2.24, 2.45) is 0 Å². The Morgan fingerprint density at radius 3 is 3.06 bits per heavy atom. The van der Waals surface area contributed by atoms with E-state index in [0.29, 0.717) is 6.42 Å². The van der Waals surface area contributed by atoms with Crippen LogP contribution in [0.2, 0.25) is 0 Å². The van der Waals surface area contributed by atoms with Crippen molar-refractivity contribution in [1.29, 1.82) is 0 Å². The highest BCUT2D eigenvalue weighted by Gasteiger charge is 2.39. The van der Waals surface area contributed by atoms with E-state index in [1.54, 1.807) is 12.1 Å². The van der Waals surface area contributed by atoms with Gasteiger partial charge in [0.2, 0.25) is 5.91 Å². The summed E-state index contributed by atoms with van der Waals surface area (Å²) in [4.78, 5) is 11.6. The molecule has 1 fully saturated rings. The largest absolute Gasteiger partial charge is 0.353 e. The van der Waals surface area contributed by atoms with Crippen LogP contribution in [0, 0.1) is 5.82 Å². The number of hydrogen-bond donors (Lipinski definition) is 2. The maximum Gasteiger partial charge on any atom is 0.220 e. The molecule has 2 N–H and O–H groups in total. The Balaban J connectivity index is 1.76. The van der Waals surface area contributed by atoms with Crippen LogP contribution in [0.15, 0.2) is 24.3 Å². The van der Waals surface area contributed by atoms with Gasteiger partial charge in [-0.15, -0.1) is 0 Å². The fourth-order valence-electron chi connectivity index (χ4n) is 2.16. The van der Waals surface area contributed by atoms with Crippen LogP contribution in [0.25, 0.3) is 0 Å². The molecule has 0 heterocycles. The van der Waals surface area contributed by atoms with Gasteiger partial charge in [-0.05, 0) is 44.1 Å². The summed E-state index contributed by atoms with van der Waals surface area (Å²) >= 11 is 0. The van der Waals surface area contributed by atoms with Crippen LogP contribution in [-0.4, -0.2) is 25.5 Å². The van der Waals surface area contributed by atoms with Crippen LogP contribution < -0.4 is 10.6 Å². The fraction of sp³-hybridized carbons (Fsp3) is 0.500. The zero-order valence-corrected chi connectivity index (χ0v) is 10.6. The molecular formula is C14H19FN2O. The summed E-state index contributed by atoms with van der Waals surface area (Å²) in [5.41, 5.74) is 0.982. The van der Waals surface area contributed by atoms with Crippen molar-refractivity contribution in [3.63, 3.8) is 0 Å². The van der Waals surface area contributed by atoms with Crippen LogP contribution in [0.4, 0.5) is 4.39 Å². The molecule has 0 aromatic heterocycles. The highest BCUT2D eigenvalue weighted by molar-refractivity contribution is 5.76. The number of carbonyl (C=O) groups is 1. The molecule has 1 aromatic rings. The van der Waals surface area contributed by atoms with Crippen LogP contribution in [-0.2, 0) is 4.79 Å². The number of rotatable bonds is 6. The predicted octanol–water partition coefficient (Wildman–Crippen LogP) is 1.80. The molecule has 4 heteroatoms. The molecule has 18 heavy (non-hydrogen) atoms. The number of halogens is 1. The third-order valence-corrected chi connectivity index (χ3v) is 3.24. The zero-order chi connectivity index (χ0) is 13.0. The topological polar surface area (TPSA) is 41.1 Å². The van der Waals surface area contributed by atoms with E-state index in [4.69, 9.17) is 0 Å². The van der Waals surface area contributed by atoms with Crippen molar-refractivity contribution in [3.8, 4) is 0 Å². The van der Waals surface area contributed by atoms with Crippen molar-refractivity contribution < 1.29 is 9.18 Å². The van der Waals surface area contributed by atoms with E-state index in [2.05, 4.69) is 10.6 Å². The lowest BCUT2D eigenvalue weighted by Crippen LogP contribution is -2.27. The van der Waals surface area contributed by atoms with Crippen molar-refractivity contribution in [2.75, 3.05) is 13.6 Å². The molecular weight excluding hydrogens is 231 g/mol. The van der Waals surface area contributed by atoms with Gasteiger partial charge in [-0.1, -0.05) is 12.1 Å². The van der Waals surface area contributed by atoms with Crippen LogP contribution in [0.1, 0.15) is 30.7 Å². The molecule has 1 aliphatic carbocycles. The molecule has 0 bridgehead atoms. The Bertz CT molecular complexity index is 422. The maximum atomic E-state index is 13.1. The molecule has 1 aromatic carbocycles. The third kappa shape index (κ3) is 3.53. The van der Waals surface area contributed by atoms with Crippen LogP contribution >= 0.6 is 0 Å². The Hall–Kier alpha value is -1.42. The van der Waals surface area contributed by atoms with E-state index in [0.717, 1.165) is 24.9 Å². The minimum atomic E-state index is -0.210. The van der Waals surface area contributed by atoms with E-state index in [-0.39, 0.29) is 23.7 Å². The van der Waals surface area contributed by atoms with Gasteiger partial charge in [0, 0.05) is 18.4 Å². The quantitative estimate of drug-likeness (QED) is 0.756. The molecule has 2 atom stereocenters. The third-order valence-electron chi connectivity index (χ3n) is 3.24. The number of hydrogen-bond acceptors (Lipinski definition) is 2. The van der Waals surface area contributed by atoms with E-state index in [9.17, 15) is 9.18 Å². The van der Waals surface area contributed by atoms with Gasteiger partial charge in [-0.2, -0.15) is 0 Å². The summed E-state index contributed by atoms with van der Waals surface area (Å²) in [7, 11) is 1.87. The van der Waals surface area contributed by atoms with E-state index in [1.807, 2.05) is 13.1 Å². The van der Waals surface area contributed by atoms with Crippen molar-refractivity contribution >= 4 is 5.91 Å². The Morgan fingerprint density at radius 2 is 2.33 bits per heavy atom. The first kappa shape index (κ1) is 13.0. The van der Waals surface area contributed by atoms with Gasteiger partial charge in [-0.25, -0.2) is 4.39 Å². The zero-order valence-electron chi connectivity index (χ0n) is 10.6. The molecule has 0 aliphatic heterocycles. The molecule has 2 unspecified atom stereocenters. The smallest absolute Gasteiger partial charge is 0.220 e. The summed E-state index contributed by atoms with van der Waals surface area (Å²) < 4.78 is 13.1. The number of carbonyl (C=O) groups excluding carboxylic acids is 1. The Morgan fingerprint density at radius 1 is 1.50 bits per heavy atom. The van der Waals surface area contributed by atoms with Crippen molar-refractivity contribution in [3.05, 3.63) is 35.6 Å². The van der Waals surface area contributed by atoms with E-state index < -0.39 is 0 Å². The SMILES string of the molecule is CNCCCC(=O)NC1CC1c1cccc(F)c1. The second-order valence-corrected chi connectivity index (χ2v) is 4.78. The average Bonchev–Trinajstić information content (AvgIpc) is 3.08. The number of nitrogens with one attached hydrogen (secondary N) is 2. The van der Waals surface area contributed by atoms with Crippen LogP contribution in [0.3, 0.4) is 0 Å². The lowest BCUT2D eigenvalue weighted by Gasteiger charge is -2.05. The van der Waals surface area contributed by atoms with Crippen molar-refractivity contribution in [1.82, 2.24) is 10.6 Å². The number of benzene rings is 1. The highest BCUT2D eigenvalue weighted by atomic mass is 19.1. The lowest BCUT2D eigenvalue weighted by molar-refractivity contribution is -0.121. The molecule has 98 valence electrons. The second-order valence-electron chi connectivity index (χ2n) is 4.78. The van der Waals surface area contributed by atoms with Gasteiger partial charge in [-0.3, -0.25) is 4.79 Å².